The lowest BCUT2D eigenvalue weighted by molar-refractivity contribution is -0.120. The largest absolute Gasteiger partial charge is 0.431 e. The number of thioether (sulfide) groups is 1. The first-order valence-corrected chi connectivity index (χ1v) is 14.4. The molecule has 31 heavy (non-hydrogen) atoms. The van der Waals surface area contributed by atoms with Crippen molar-refractivity contribution in [3.05, 3.63) is 18.2 Å². The average molecular weight is 488 g/mol. The molecule has 12 heteroatoms. The van der Waals surface area contributed by atoms with Crippen LogP contribution >= 0.6 is 11.8 Å². The summed E-state index contributed by atoms with van der Waals surface area (Å²) in [6, 6.07) is 4.59. The number of hydrogen-bond donors (Lipinski definition) is 1. The average Bonchev–Trinajstić information content (AvgIpc) is 3.25. The molecule has 0 bridgehead atoms. The molecule has 1 unspecified atom stereocenters. The van der Waals surface area contributed by atoms with Gasteiger partial charge in [-0.1, -0.05) is 18.2 Å². The van der Waals surface area contributed by atoms with E-state index in [9.17, 15) is 21.6 Å². The molecular weight excluding hydrogens is 462 g/mol. The minimum atomic E-state index is -3.57. The minimum absolute atomic E-state index is 0.0153. The van der Waals surface area contributed by atoms with E-state index in [0.29, 0.717) is 30.6 Å². The molecule has 0 saturated carbocycles. The van der Waals surface area contributed by atoms with Crippen LogP contribution in [0.4, 0.5) is 0 Å². The van der Waals surface area contributed by atoms with Gasteiger partial charge in [0, 0.05) is 13.1 Å². The van der Waals surface area contributed by atoms with Gasteiger partial charge in [0.05, 0.1) is 27.7 Å². The van der Waals surface area contributed by atoms with E-state index in [4.69, 9.17) is 4.42 Å². The molecule has 2 aromatic rings. The fraction of sp³-hybridized carbons (Fsp3) is 0.579. The summed E-state index contributed by atoms with van der Waals surface area (Å²) >= 11 is 1.08. The normalized spacial score (nSPS) is 24.4. The van der Waals surface area contributed by atoms with Crippen molar-refractivity contribution in [1.82, 2.24) is 14.6 Å². The van der Waals surface area contributed by atoms with Crippen LogP contribution in [0, 0.1) is 0 Å². The Balaban J connectivity index is 1.42. The lowest BCUT2D eigenvalue weighted by Crippen LogP contribution is -2.47. The zero-order chi connectivity index (χ0) is 22.3. The van der Waals surface area contributed by atoms with Gasteiger partial charge >= 0.3 is 0 Å². The monoisotopic (exact) mass is 487 g/mol. The molecule has 1 amide bonds. The molecule has 4 rings (SSSR count). The van der Waals surface area contributed by atoms with E-state index in [0.717, 1.165) is 31.0 Å². The third kappa shape index (κ3) is 5.07. The number of aromatic nitrogens is 1. The van der Waals surface area contributed by atoms with Crippen LogP contribution in [0.1, 0.15) is 32.6 Å². The lowest BCUT2D eigenvalue weighted by atomic mass is 10.0. The van der Waals surface area contributed by atoms with Gasteiger partial charge in [-0.2, -0.15) is 4.31 Å². The molecule has 170 valence electrons. The van der Waals surface area contributed by atoms with Crippen LogP contribution in [0.15, 0.2) is 32.7 Å². The minimum Gasteiger partial charge on any atom is -0.431 e. The number of fused-ring (bicyclic) bond motifs is 1. The van der Waals surface area contributed by atoms with E-state index in [-0.39, 0.29) is 33.3 Å². The molecule has 9 nitrogen and oxygen atoms in total. The molecule has 1 aromatic heterocycles. The Morgan fingerprint density at radius 2 is 2.03 bits per heavy atom. The third-order valence-corrected chi connectivity index (χ3v) is 10.2. The molecule has 0 aliphatic carbocycles. The van der Waals surface area contributed by atoms with Crippen molar-refractivity contribution in [2.45, 2.75) is 48.3 Å². The number of sulfone groups is 1. The number of sulfonamides is 1. The van der Waals surface area contributed by atoms with Gasteiger partial charge in [-0.3, -0.25) is 4.79 Å². The maximum atomic E-state index is 12.9. The summed E-state index contributed by atoms with van der Waals surface area (Å²) in [5, 5.41) is 3.04. The molecular formula is C19H25N3O6S3. The molecule has 0 spiro atoms. The second-order valence-corrected chi connectivity index (χ2v) is 13.4. The van der Waals surface area contributed by atoms with Gasteiger partial charge in [0.2, 0.25) is 15.9 Å². The van der Waals surface area contributed by atoms with Crippen molar-refractivity contribution in [2.75, 3.05) is 30.3 Å². The van der Waals surface area contributed by atoms with Crippen LogP contribution < -0.4 is 5.32 Å². The zero-order valence-electron chi connectivity index (χ0n) is 17.2. The maximum Gasteiger partial charge on any atom is 0.257 e. The molecule has 1 aromatic carbocycles. The van der Waals surface area contributed by atoms with Crippen molar-refractivity contribution in [1.29, 1.82) is 0 Å². The highest BCUT2D eigenvalue weighted by Gasteiger charge is 2.39. The molecule has 2 aliphatic heterocycles. The number of carbonyl (C=O) groups excluding carboxylic acids is 1. The molecule has 3 heterocycles. The first kappa shape index (κ1) is 22.6. The van der Waals surface area contributed by atoms with Crippen molar-refractivity contribution in [3.8, 4) is 0 Å². The molecule has 1 N–H and O–H groups in total. The van der Waals surface area contributed by atoms with E-state index >= 15 is 0 Å². The number of carbonyl (C=O) groups is 1. The van der Waals surface area contributed by atoms with Crippen LogP contribution in [-0.4, -0.2) is 67.9 Å². The number of rotatable bonds is 6. The standard InChI is InChI=1S/C19H25N3O6S3/c1-19(7-10-30(24,25)13-19)21-17(23)12-29-18-20-15-11-14(5-6-16(15)28-18)31(26,27)22-8-3-2-4-9-22/h5-6,11H,2-4,7-10,12-13H2,1H3,(H,21,23). The summed E-state index contributed by atoms with van der Waals surface area (Å²) in [6.45, 7) is 2.77. The van der Waals surface area contributed by atoms with Crippen LogP contribution in [0.3, 0.4) is 0 Å². The topological polar surface area (TPSA) is 127 Å². The Labute approximate surface area is 185 Å². The smallest absolute Gasteiger partial charge is 0.257 e. The van der Waals surface area contributed by atoms with Gasteiger partial charge in [0.25, 0.3) is 5.22 Å². The first-order valence-electron chi connectivity index (χ1n) is 10.1. The molecule has 2 aliphatic rings. The Hall–Kier alpha value is -1.63. The highest BCUT2D eigenvalue weighted by Crippen LogP contribution is 2.28. The molecule has 0 radical (unpaired) electrons. The SMILES string of the molecule is CC1(NC(=O)CSc2nc3cc(S(=O)(=O)N4CCCCC4)ccc3o2)CCS(=O)(=O)C1. The number of nitrogens with zero attached hydrogens (tertiary/aromatic N) is 2. The number of benzene rings is 1. The quantitative estimate of drug-likeness (QED) is 0.611. The van der Waals surface area contributed by atoms with E-state index < -0.39 is 25.4 Å². The molecule has 1 atom stereocenters. The van der Waals surface area contributed by atoms with Crippen molar-refractivity contribution in [2.24, 2.45) is 0 Å². The summed E-state index contributed by atoms with van der Waals surface area (Å²) in [7, 11) is -6.68. The second-order valence-electron chi connectivity index (χ2n) is 8.31. The van der Waals surface area contributed by atoms with E-state index in [1.807, 2.05) is 0 Å². The summed E-state index contributed by atoms with van der Waals surface area (Å²) in [6.07, 6.45) is 3.15. The number of amides is 1. The molecule has 2 saturated heterocycles. The van der Waals surface area contributed by atoms with Gasteiger partial charge in [-0.05, 0) is 44.4 Å². The zero-order valence-corrected chi connectivity index (χ0v) is 19.6. The second kappa shape index (κ2) is 8.38. The predicted molar refractivity (Wildman–Crippen MR) is 117 cm³/mol. The highest BCUT2D eigenvalue weighted by atomic mass is 32.2. The van der Waals surface area contributed by atoms with Crippen molar-refractivity contribution >= 4 is 48.6 Å². The van der Waals surface area contributed by atoms with Crippen LogP contribution in [0.2, 0.25) is 0 Å². The van der Waals surface area contributed by atoms with E-state index in [1.165, 1.54) is 16.4 Å². The van der Waals surface area contributed by atoms with Gasteiger partial charge in [0.15, 0.2) is 15.4 Å². The predicted octanol–water partition coefficient (Wildman–Crippen LogP) is 1.79. The first-order chi connectivity index (χ1) is 14.6. The number of hydrogen-bond acceptors (Lipinski definition) is 8. The maximum absolute atomic E-state index is 12.9. The van der Waals surface area contributed by atoms with Gasteiger partial charge < -0.3 is 9.73 Å². The Morgan fingerprint density at radius 3 is 2.71 bits per heavy atom. The summed E-state index contributed by atoms with van der Waals surface area (Å²) in [5.41, 5.74) is 0.0966. The van der Waals surface area contributed by atoms with Gasteiger partial charge in [0.1, 0.15) is 5.52 Å². The van der Waals surface area contributed by atoms with E-state index in [1.54, 1.807) is 13.0 Å². The Bertz CT molecular complexity index is 1200. The van der Waals surface area contributed by atoms with Gasteiger partial charge in [-0.25, -0.2) is 21.8 Å². The van der Waals surface area contributed by atoms with E-state index in [2.05, 4.69) is 10.3 Å². The Morgan fingerprint density at radius 1 is 1.29 bits per heavy atom. The highest BCUT2D eigenvalue weighted by molar-refractivity contribution is 7.99. The Kier molecular flexibility index (Phi) is 6.10. The van der Waals surface area contributed by atoms with Crippen LogP contribution in [0.25, 0.3) is 11.1 Å². The van der Waals surface area contributed by atoms with Gasteiger partial charge in [-0.15, -0.1) is 0 Å². The summed E-state index contributed by atoms with van der Waals surface area (Å²) in [5.74, 6) is -0.278. The summed E-state index contributed by atoms with van der Waals surface area (Å²) < 4.78 is 56.2. The van der Waals surface area contributed by atoms with Crippen LogP contribution in [-0.2, 0) is 24.7 Å². The lowest BCUT2D eigenvalue weighted by Gasteiger charge is -2.25. The van der Waals surface area contributed by atoms with Crippen molar-refractivity contribution in [3.63, 3.8) is 0 Å². The fourth-order valence-electron chi connectivity index (χ4n) is 3.97. The summed E-state index contributed by atoms with van der Waals surface area (Å²) in [4.78, 5) is 16.8. The number of piperidine rings is 1. The molecule has 2 fully saturated rings. The third-order valence-electron chi connectivity index (χ3n) is 5.56. The fourth-order valence-corrected chi connectivity index (χ4v) is 8.24. The van der Waals surface area contributed by atoms with Crippen molar-refractivity contribution < 1.29 is 26.0 Å². The van der Waals surface area contributed by atoms with Crippen LogP contribution in [0.5, 0.6) is 0 Å². The number of oxazole rings is 1. The number of nitrogens with one attached hydrogen (secondary N) is 1.